The molecule has 150 valence electrons. The van der Waals surface area contributed by atoms with E-state index in [0.717, 1.165) is 0 Å². The predicted molar refractivity (Wildman–Crippen MR) is 113 cm³/mol. The smallest absolute Gasteiger partial charge is 0.270 e. The van der Waals surface area contributed by atoms with Gasteiger partial charge in [-0.25, -0.2) is 0 Å². The molecule has 2 N–H and O–H groups in total. The Kier molecular flexibility index (Phi) is 4.93. The highest BCUT2D eigenvalue weighted by molar-refractivity contribution is 6.37. The number of allylic oxidation sites excluding steroid dienone is 1. The van der Waals surface area contributed by atoms with E-state index in [2.05, 4.69) is 0 Å². The molecule has 9 heteroatoms. The predicted octanol–water partition coefficient (Wildman–Crippen LogP) is 5.43. The molecule has 1 heterocycles. The minimum absolute atomic E-state index is 0.0345. The summed E-state index contributed by atoms with van der Waals surface area (Å²) in [7, 11) is 0. The molecule has 0 bridgehead atoms. The Morgan fingerprint density at radius 3 is 2.63 bits per heavy atom. The Balaban J connectivity index is 1.78. The molecule has 0 unspecified atom stereocenters. The van der Waals surface area contributed by atoms with Crippen LogP contribution in [0.5, 0.6) is 0 Å². The molecule has 4 rings (SSSR count). The number of fused-ring (bicyclic) bond motifs is 1. The van der Waals surface area contributed by atoms with Crippen molar-refractivity contribution in [3.05, 3.63) is 90.8 Å². The number of nitro benzene ring substituents is 1. The fourth-order valence-electron chi connectivity index (χ4n) is 3.29. The molecule has 0 fully saturated rings. The van der Waals surface area contributed by atoms with E-state index in [1.165, 1.54) is 36.4 Å². The summed E-state index contributed by atoms with van der Waals surface area (Å²) in [4.78, 5) is 36.1. The standard InChI is InChI=1S/C21H12Cl2N2O5/c22-12-4-5-14(15(23)9-12)20(27)21-19(24)18-16(26)7-11(8-17(18)30-21)10-2-1-3-13(6-10)25(28)29/h1-6,8-9H,7,24H2. The van der Waals surface area contributed by atoms with Crippen LogP contribution in [0.1, 0.15) is 44.2 Å². The number of hydrogen-bond acceptors (Lipinski definition) is 6. The number of carbonyl (C=O) groups is 2. The summed E-state index contributed by atoms with van der Waals surface area (Å²) >= 11 is 12.0. The molecule has 1 aromatic heterocycles. The molecule has 1 aliphatic rings. The number of nitrogens with zero attached hydrogens (tertiary/aromatic N) is 1. The Bertz CT molecular complexity index is 1280. The summed E-state index contributed by atoms with van der Waals surface area (Å²) in [6.07, 6.45) is 1.53. The van der Waals surface area contributed by atoms with Crippen LogP contribution in [0.2, 0.25) is 10.0 Å². The topological polar surface area (TPSA) is 116 Å². The Labute approximate surface area is 179 Å². The summed E-state index contributed by atoms with van der Waals surface area (Å²) in [6.45, 7) is 0. The first-order valence-electron chi connectivity index (χ1n) is 8.67. The lowest BCUT2D eigenvalue weighted by atomic mass is 9.90. The van der Waals surface area contributed by atoms with Gasteiger partial charge in [-0.2, -0.15) is 0 Å². The van der Waals surface area contributed by atoms with E-state index in [0.29, 0.717) is 16.2 Å². The van der Waals surface area contributed by atoms with Gasteiger partial charge in [-0.1, -0.05) is 35.3 Å². The molecule has 30 heavy (non-hydrogen) atoms. The van der Waals surface area contributed by atoms with Crippen LogP contribution in [0.25, 0.3) is 11.6 Å². The number of Topliss-reactive ketones (excluding diaryl/α,β-unsaturated/α-hetero) is 1. The van der Waals surface area contributed by atoms with E-state index in [4.69, 9.17) is 33.4 Å². The second-order valence-electron chi connectivity index (χ2n) is 6.61. The van der Waals surface area contributed by atoms with Crippen LogP contribution in [0.15, 0.2) is 46.9 Å². The quantitative estimate of drug-likeness (QED) is 0.326. The van der Waals surface area contributed by atoms with Gasteiger partial charge in [0.2, 0.25) is 5.78 Å². The van der Waals surface area contributed by atoms with Gasteiger partial charge in [-0.05, 0) is 35.4 Å². The van der Waals surface area contributed by atoms with Gasteiger partial charge in [0.15, 0.2) is 11.5 Å². The molecular formula is C21H12Cl2N2O5. The van der Waals surface area contributed by atoms with Crippen LogP contribution >= 0.6 is 23.2 Å². The molecule has 7 nitrogen and oxygen atoms in total. The van der Waals surface area contributed by atoms with E-state index >= 15 is 0 Å². The van der Waals surface area contributed by atoms with Crippen molar-refractivity contribution in [1.29, 1.82) is 0 Å². The third-order valence-electron chi connectivity index (χ3n) is 4.72. The molecule has 0 radical (unpaired) electrons. The number of hydrogen-bond donors (Lipinski definition) is 1. The number of anilines is 1. The highest BCUT2D eigenvalue weighted by Crippen LogP contribution is 2.38. The fraction of sp³-hybridized carbons (Fsp3) is 0.0476. The van der Waals surface area contributed by atoms with Crippen molar-refractivity contribution in [3.8, 4) is 0 Å². The lowest BCUT2D eigenvalue weighted by molar-refractivity contribution is -0.384. The molecule has 3 aromatic rings. The number of non-ortho nitro benzene ring substituents is 1. The van der Waals surface area contributed by atoms with Gasteiger partial charge >= 0.3 is 0 Å². The Hall–Kier alpha value is -3.42. The highest BCUT2D eigenvalue weighted by Gasteiger charge is 2.31. The minimum atomic E-state index is -0.582. The molecular weight excluding hydrogens is 431 g/mol. The van der Waals surface area contributed by atoms with Gasteiger partial charge in [-0.3, -0.25) is 19.7 Å². The number of benzene rings is 2. The van der Waals surface area contributed by atoms with Crippen molar-refractivity contribution in [2.75, 3.05) is 5.73 Å². The maximum atomic E-state index is 12.9. The maximum Gasteiger partial charge on any atom is 0.270 e. The number of halogens is 2. The molecule has 0 saturated carbocycles. The summed E-state index contributed by atoms with van der Waals surface area (Å²) in [5, 5.41) is 11.5. The lowest BCUT2D eigenvalue weighted by Crippen LogP contribution is -2.10. The van der Waals surface area contributed by atoms with Gasteiger partial charge < -0.3 is 10.2 Å². The fourth-order valence-corrected chi connectivity index (χ4v) is 3.79. The van der Waals surface area contributed by atoms with E-state index in [1.54, 1.807) is 12.1 Å². The molecule has 0 atom stereocenters. The first-order chi connectivity index (χ1) is 14.3. The average molecular weight is 443 g/mol. The summed E-state index contributed by atoms with van der Waals surface area (Å²) < 4.78 is 5.64. The van der Waals surface area contributed by atoms with Crippen LogP contribution in [0, 0.1) is 10.1 Å². The highest BCUT2D eigenvalue weighted by atomic mass is 35.5. The summed E-state index contributed by atoms with van der Waals surface area (Å²) in [5.74, 6) is -1.01. The van der Waals surface area contributed by atoms with E-state index < -0.39 is 10.7 Å². The summed E-state index contributed by atoms with van der Waals surface area (Å²) in [5.41, 5.74) is 7.16. The molecule has 0 aliphatic heterocycles. The minimum Gasteiger partial charge on any atom is -0.450 e. The second-order valence-corrected chi connectivity index (χ2v) is 7.46. The van der Waals surface area contributed by atoms with Crippen LogP contribution in [0.3, 0.4) is 0 Å². The average Bonchev–Trinajstić information content (AvgIpc) is 3.04. The number of nitrogens with two attached hydrogens (primary N) is 1. The number of nitrogen functional groups attached to an aromatic ring is 1. The van der Waals surface area contributed by atoms with Gasteiger partial charge in [0, 0.05) is 29.1 Å². The zero-order valence-electron chi connectivity index (χ0n) is 15.1. The molecule has 0 amide bonds. The number of rotatable bonds is 4. The van der Waals surface area contributed by atoms with Crippen molar-refractivity contribution in [3.63, 3.8) is 0 Å². The van der Waals surface area contributed by atoms with Crippen LogP contribution in [-0.4, -0.2) is 16.5 Å². The van der Waals surface area contributed by atoms with Crippen molar-refractivity contribution < 1.29 is 18.9 Å². The Morgan fingerprint density at radius 2 is 1.93 bits per heavy atom. The Morgan fingerprint density at radius 1 is 1.17 bits per heavy atom. The normalized spacial score (nSPS) is 13.0. The van der Waals surface area contributed by atoms with Gasteiger partial charge in [0.05, 0.1) is 21.2 Å². The van der Waals surface area contributed by atoms with Crippen molar-refractivity contribution in [1.82, 2.24) is 0 Å². The largest absolute Gasteiger partial charge is 0.450 e. The SMILES string of the molecule is Nc1c(C(=O)c2ccc(Cl)cc2Cl)oc2c1C(=O)CC(c1cccc([N+](=O)[O-])c1)=C2. The molecule has 0 saturated heterocycles. The van der Waals surface area contributed by atoms with E-state index in [9.17, 15) is 19.7 Å². The number of nitro groups is 1. The van der Waals surface area contributed by atoms with Gasteiger partial charge in [0.25, 0.3) is 5.69 Å². The second kappa shape index (κ2) is 7.44. The van der Waals surface area contributed by atoms with E-state index in [1.807, 2.05) is 0 Å². The zero-order valence-corrected chi connectivity index (χ0v) is 16.7. The van der Waals surface area contributed by atoms with Gasteiger partial charge in [-0.15, -0.1) is 0 Å². The number of ketones is 2. The van der Waals surface area contributed by atoms with Gasteiger partial charge in [0.1, 0.15) is 5.76 Å². The molecule has 2 aromatic carbocycles. The van der Waals surface area contributed by atoms with Crippen LogP contribution in [-0.2, 0) is 0 Å². The third kappa shape index (κ3) is 3.38. The molecule has 0 spiro atoms. The van der Waals surface area contributed by atoms with E-state index in [-0.39, 0.29) is 51.2 Å². The summed E-state index contributed by atoms with van der Waals surface area (Å²) in [6, 6.07) is 10.3. The molecule has 1 aliphatic carbocycles. The van der Waals surface area contributed by atoms with Crippen LogP contribution < -0.4 is 5.73 Å². The third-order valence-corrected chi connectivity index (χ3v) is 5.27. The number of furan rings is 1. The van der Waals surface area contributed by atoms with Crippen molar-refractivity contribution >= 4 is 57.8 Å². The monoisotopic (exact) mass is 442 g/mol. The first-order valence-corrected chi connectivity index (χ1v) is 9.42. The first kappa shape index (κ1) is 19.9. The number of carbonyl (C=O) groups excluding carboxylic acids is 2. The lowest BCUT2D eigenvalue weighted by Gasteiger charge is -2.12. The zero-order chi connectivity index (χ0) is 21.6. The van der Waals surface area contributed by atoms with Crippen LogP contribution in [0.4, 0.5) is 11.4 Å². The van der Waals surface area contributed by atoms with Crippen molar-refractivity contribution in [2.24, 2.45) is 0 Å². The van der Waals surface area contributed by atoms with Crippen molar-refractivity contribution in [2.45, 2.75) is 6.42 Å². The maximum absolute atomic E-state index is 12.9.